The van der Waals surface area contributed by atoms with Gasteiger partial charge in [-0.3, -0.25) is 0 Å². The Labute approximate surface area is 233 Å². The predicted octanol–water partition coefficient (Wildman–Crippen LogP) is 10.6. The molecule has 5 rings (SSSR count). The van der Waals surface area contributed by atoms with E-state index in [0.29, 0.717) is 0 Å². The first-order chi connectivity index (χ1) is 18.9. The van der Waals surface area contributed by atoms with Gasteiger partial charge in [-0.05, 0) is 129 Å². The fourth-order valence-corrected chi connectivity index (χ4v) is 5.16. The van der Waals surface area contributed by atoms with Gasteiger partial charge in [0, 0.05) is 34.1 Å². The van der Waals surface area contributed by atoms with Crippen molar-refractivity contribution >= 4 is 34.1 Å². The van der Waals surface area contributed by atoms with E-state index in [1.54, 1.807) is 0 Å². The van der Waals surface area contributed by atoms with Gasteiger partial charge in [-0.2, -0.15) is 0 Å². The minimum atomic E-state index is 0.784. The number of allylic oxidation sites excluding steroid dienone is 1. The van der Waals surface area contributed by atoms with Gasteiger partial charge in [0.2, 0.25) is 0 Å². The second-order valence-corrected chi connectivity index (χ2v) is 10.4. The maximum Gasteiger partial charge on any atom is 0.0485 e. The monoisotopic (exact) mass is 508 g/mol. The van der Waals surface area contributed by atoms with Gasteiger partial charge in [0.1, 0.15) is 0 Å². The number of aryl methyl sites for hydroxylation is 4. The van der Waals surface area contributed by atoms with Gasteiger partial charge in [-0.1, -0.05) is 54.6 Å². The average molecular weight is 509 g/mol. The summed E-state index contributed by atoms with van der Waals surface area (Å²) in [5.74, 6) is 0. The second kappa shape index (κ2) is 11.4. The molecule has 0 aromatic heterocycles. The van der Waals surface area contributed by atoms with Crippen molar-refractivity contribution in [2.45, 2.75) is 34.1 Å². The molecule has 0 heterocycles. The molecule has 5 aromatic rings. The average Bonchev–Trinajstić information content (AvgIpc) is 2.90. The summed E-state index contributed by atoms with van der Waals surface area (Å²) >= 11 is 0. The molecule has 2 heteroatoms. The Morgan fingerprint density at radius 2 is 0.795 bits per heavy atom. The van der Waals surface area contributed by atoms with Crippen LogP contribution < -0.4 is 9.80 Å². The van der Waals surface area contributed by atoms with Crippen LogP contribution in [0.25, 0.3) is 0 Å². The van der Waals surface area contributed by atoms with Gasteiger partial charge in [-0.15, -0.1) is 6.58 Å². The number of rotatable bonds is 8. The van der Waals surface area contributed by atoms with Crippen molar-refractivity contribution in [1.82, 2.24) is 0 Å². The SMILES string of the molecule is C=CCc1cc(N(c2cccc(C)c2)c2cccc(C)c2)cc(N(c2cccc(C)c2)c2cccc(C)c2)c1. The van der Waals surface area contributed by atoms with Crippen LogP contribution in [0.4, 0.5) is 34.1 Å². The highest BCUT2D eigenvalue weighted by atomic mass is 15.2. The third-order valence-corrected chi connectivity index (χ3v) is 6.90. The summed E-state index contributed by atoms with van der Waals surface area (Å²) in [6.07, 6.45) is 2.77. The van der Waals surface area contributed by atoms with E-state index in [1.807, 2.05) is 6.08 Å². The van der Waals surface area contributed by atoms with Crippen molar-refractivity contribution in [2.24, 2.45) is 0 Å². The van der Waals surface area contributed by atoms with E-state index in [9.17, 15) is 0 Å². The largest absolute Gasteiger partial charge is 0.310 e. The maximum atomic E-state index is 4.06. The molecule has 0 spiro atoms. The zero-order valence-corrected chi connectivity index (χ0v) is 23.4. The zero-order chi connectivity index (χ0) is 27.4. The normalized spacial score (nSPS) is 10.8. The van der Waals surface area contributed by atoms with E-state index in [1.165, 1.54) is 27.8 Å². The molecule has 0 radical (unpaired) electrons. The van der Waals surface area contributed by atoms with Crippen molar-refractivity contribution in [3.05, 3.63) is 156 Å². The maximum absolute atomic E-state index is 4.06. The van der Waals surface area contributed by atoms with Gasteiger partial charge in [0.25, 0.3) is 0 Å². The molecule has 39 heavy (non-hydrogen) atoms. The third kappa shape index (κ3) is 5.97. The lowest BCUT2D eigenvalue weighted by Crippen LogP contribution is -2.14. The summed E-state index contributed by atoms with van der Waals surface area (Å²) in [7, 11) is 0. The van der Waals surface area contributed by atoms with Crippen LogP contribution in [0, 0.1) is 27.7 Å². The summed E-state index contributed by atoms with van der Waals surface area (Å²) in [6.45, 7) is 12.6. The first-order valence-corrected chi connectivity index (χ1v) is 13.5. The van der Waals surface area contributed by atoms with Gasteiger partial charge in [-0.25, -0.2) is 0 Å². The molecule has 5 aromatic carbocycles. The molecule has 0 atom stereocenters. The quantitative estimate of drug-likeness (QED) is 0.192. The molecule has 0 fully saturated rings. The summed E-state index contributed by atoms with van der Waals surface area (Å²) in [4.78, 5) is 4.72. The molecule has 0 aliphatic carbocycles. The van der Waals surface area contributed by atoms with Crippen molar-refractivity contribution < 1.29 is 0 Å². The lowest BCUT2D eigenvalue weighted by molar-refractivity contribution is 1.19. The highest BCUT2D eigenvalue weighted by Crippen LogP contribution is 2.42. The zero-order valence-electron chi connectivity index (χ0n) is 23.4. The Morgan fingerprint density at radius 1 is 0.462 bits per heavy atom. The van der Waals surface area contributed by atoms with Gasteiger partial charge >= 0.3 is 0 Å². The van der Waals surface area contributed by atoms with Crippen LogP contribution in [0.5, 0.6) is 0 Å². The molecule has 0 N–H and O–H groups in total. The highest BCUT2D eigenvalue weighted by Gasteiger charge is 2.19. The standard InChI is InChI=1S/C37H36N2/c1-6-11-31-24-36(38(32-16-7-12-27(2)20-32)33-17-8-13-28(3)21-33)26-37(25-31)39(34-18-9-14-29(4)22-34)35-19-10-15-30(5)23-35/h6-10,12-26H,1,11H2,2-5H3. The molecule has 0 saturated carbocycles. The molecule has 0 amide bonds. The van der Waals surface area contributed by atoms with E-state index in [4.69, 9.17) is 0 Å². The minimum absolute atomic E-state index is 0.784. The number of benzene rings is 5. The second-order valence-electron chi connectivity index (χ2n) is 10.4. The number of hydrogen-bond donors (Lipinski definition) is 0. The van der Waals surface area contributed by atoms with Gasteiger partial charge in [0.15, 0.2) is 0 Å². The lowest BCUT2D eigenvalue weighted by atomic mass is 10.0. The van der Waals surface area contributed by atoms with E-state index in [0.717, 1.165) is 40.5 Å². The fraction of sp³-hybridized carbons (Fsp3) is 0.135. The van der Waals surface area contributed by atoms with E-state index in [2.05, 4.69) is 159 Å². The third-order valence-electron chi connectivity index (χ3n) is 6.90. The smallest absolute Gasteiger partial charge is 0.0485 e. The number of hydrogen-bond acceptors (Lipinski definition) is 2. The van der Waals surface area contributed by atoms with Crippen LogP contribution in [-0.2, 0) is 6.42 Å². The summed E-state index contributed by atoms with van der Waals surface area (Å²) in [6, 6.07) is 41.8. The van der Waals surface area contributed by atoms with Crippen LogP contribution in [0.1, 0.15) is 27.8 Å². The minimum Gasteiger partial charge on any atom is -0.310 e. The Bertz CT molecular complexity index is 1410. The van der Waals surface area contributed by atoms with Crippen molar-refractivity contribution in [1.29, 1.82) is 0 Å². The van der Waals surface area contributed by atoms with Crippen molar-refractivity contribution in [3.63, 3.8) is 0 Å². The van der Waals surface area contributed by atoms with E-state index in [-0.39, 0.29) is 0 Å². The molecular formula is C37H36N2. The first kappa shape index (κ1) is 26.1. The molecule has 0 unspecified atom stereocenters. The molecular weight excluding hydrogens is 472 g/mol. The topological polar surface area (TPSA) is 6.48 Å². The fourth-order valence-electron chi connectivity index (χ4n) is 5.16. The molecule has 0 aliphatic rings. The van der Waals surface area contributed by atoms with E-state index >= 15 is 0 Å². The summed E-state index contributed by atoms with van der Waals surface area (Å²) < 4.78 is 0. The lowest BCUT2D eigenvalue weighted by Gasteiger charge is -2.30. The van der Waals surface area contributed by atoms with Crippen molar-refractivity contribution in [2.75, 3.05) is 9.80 Å². The summed E-state index contributed by atoms with van der Waals surface area (Å²) in [5.41, 5.74) is 12.9. The molecule has 0 saturated heterocycles. The van der Waals surface area contributed by atoms with Gasteiger partial charge < -0.3 is 9.80 Å². The van der Waals surface area contributed by atoms with Gasteiger partial charge in [0.05, 0.1) is 0 Å². The molecule has 0 aliphatic heterocycles. The molecule has 194 valence electrons. The van der Waals surface area contributed by atoms with Crippen LogP contribution in [0.3, 0.4) is 0 Å². The Morgan fingerprint density at radius 3 is 1.08 bits per heavy atom. The Hall–Kier alpha value is -4.56. The summed E-state index contributed by atoms with van der Waals surface area (Å²) in [5, 5.41) is 0. The first-order valence-electron chi connectivity index (χ1n) is 13.5. The van der Waals surface area contributed by atoms with Crippen LogP contribution in [-0.4, -0.2) is 0 Å². The van der Waals surface area contributed by atoms with Crippen LogP contribution in [0.15, 0.2) is 128 Å². The van der Waals surface area contributed by atoms with E-state index < -0.39 is 0 Å². The molecule has 0 bridgehead atoms. The number of nitrogens with zero attached hydrogens (tertiary/aromatic N) is 2. The van der Waals surface area contributed by atoms with Crippen molar-refractivity contribution in [3.8, 4) is 0 Å². The highest BCUT2D eigenvalue weighted by molar-refractivity contribution is 5.84. The molecule has 2 nitrogen and oxygen atoms in total. The predicted molar refractivity (Wildman–Crippen MR) is 169 cm³/mol. The Balaban J connectivity index is 1.77. The number of anilines is 6. The van der Waals surface area contributed by atoms with Crippen LogP contribution in [0.2, 0.25) is 0 Å². The van der Waals surface area contributed by atoms with Crippen LogP contribution >= 0.6 is 0 Å². The Kier molecular flexibility index (Phi) is 7.65.